The molecule has 19 heavy (non-hydrogen) atoms. The molecule has 0 amide bonds. The molecule has 0 fully saturated rings. The van der Waals surface area contributed by atoms with Crippen LogP contribution in [-0.2, 0) is 5.54 Å². The molecular formula is C16H25N3. The lowest BCUT2D eigenvalue weighted by Crippen LogP contribution is -2.49. The third-order valence-corrected chi connectivity index (χ3v) is 4.10. The maximum absolute atomic E-state index is 6.08. The molecule has 1 aliphatic heterocycles. The van der Waals surface area contributed by atoms with E-state index in [2.05, 4.69) is 62.7 Å². The first-order valence-electron chi connectivity index (χ1n) is 7.00. The molecule has 0 saturated carbocycles. The summed E-state index contributed by atoms with van der Waals surface area (Å²) in [7, 11) is 0. The van der Waals surface area contributed by atoms with Crippen LogP contribution in [0.15, 0.2) is 23.2 Å². The Morgan fingerprint density at radius 2 is 2.00 bits per heavy atom. The summed E-state index contributed by atoms with van der Waals surface area (Å²) >= 11 is 0. The third-order valence-electron chi connectivity index (χ3n) is 4.10. The Morgan fingerprint density at radius 3 is 2.58 bits per heavy atom. The van der Waals surface area contributed by atoms with Crippen LogP contribution in [0.3, 0.4) is 0 Å². The van der Waals surface area contributed by atoms with Gasteiger partial charge in [-0.25, -0.2) is 0 Å². The van der Waals surface area contributed by atoms with Gasteiger partial charge in [-0.15, -0.1) is 0 Å². The van der Waals surface area contributed by atoms with Gasteiger partial charge in [-0.3, -0.25) is 4.99 Å². The van der Waals surface area contributed by atoms with Crippen molar-refractivity contribution in [1.29, 1.82) is 0 Å². The van der Waals surface area contributed by atoms with Crippen LogP contribution < -0.4 is 5.73 Å². The number of hydrogen-bond donors (Lipinski definition) is 1. The minimum absolute atomic E-state index is 0.104. The fraction of sp³-hybridized carbons (Fsp3) is 0.562. The third kappa shape index (κ3) is 2.46. The van der Waals surface area contributed by atoms with Gasteiger partial charge in [-0.1, -0.05) is 32.0 Å². The number of nitrogens with two attached hydrogens (primary N) is 1. The molecule has 0 aromatic heterocycles. The lowest BCUT2D eigenvalue weighted by molar-refractivity contribution is 0.204. The topological polar surface area (TPSA) is 41.6 Å². The highest BCUT2D eigenvalue weighted by Crippen LogP contribution is 2.34. The van der Waals surface area contributed by atoms with Gasteiger partial charge in [0.2, 0.25) is 0 Å². The number of aliphatic imine (C=N–C) groups is 1. The van der Waals surface area contributed by atoms with Gasteiger partial charge in [0, 0.05) is 6.54 Å². The first-order valence-corrected chi connectivity index (χ1v) is 7.00. The van der Waals surface area contributed by atoms with Crippen LogP contribution in [0.1, 0.15) is 37.5 Å². The van der Waals surface area contributed by atoms with Crippen LogP contribution in [0.25, 0.3) is 0 Å². The van der Waals surface area contributed by atoms with Crippen LogP contribution in [0.4, 0.5) is 0 Å². The minimum Gasteiger partial charge on any atom is -0.370 e. The van der Waals surface area contributed by atoms with E-state index < -0.39 is 0 Å². The Balaban J connectivity index is 2.38. The van der Waals surface area contributed by atoms with Crippen LogP contribution >= 0.6 is 0 Å². The van der Waals surface area contributed by atoms with Crippen molar-refractivity contribution in [3.8, 4) is 0 Å². The summed E-state index contributed by atoms with van der Waals surface area (Å²) in [5, 5.41) is 0. The van der Waals surface area contributed by atoms with Gasteiger partial charge in [0.05, 0.1) is 12.1 Å². The number of rotatable bonds is 3. The zero-order valence-electron chi connectivity index (χ0n) is 12.7. The summed E-state index contributed by atoms with van der Waals surface area (Å²) in [6.45, 7) is 12.7. The molecule has 1 atom stereocenters. The average Bonchev–Trinajstić information content (AvgIpc) is 2.62. The predicted octanol–water partition coefficient (Wildman–Crippen LogP) is 2.80. The van der Waals surface area contributed by atoms with Crippen LogP contribution in [0.5, 0.6) is 0 Å². The van der Waals surface area contributed by atoms with Crippen molar-refractivity contribution in [3.05, 3.63) is 34.9 Å². The van der Waals surface area contributed by atoms with Gasteiger partial charge in [0.1, 0.15) is 0 Å². The highest BCUT2D eigenvalue weighted by Gasteiger charge is 2.39. The highest BCUT2D eigenvalue weighted by atomic mass is 15.4. The molecule has 1 unspecified atom stereocenters. The average molecular weight is 259 g/mol. The number of benzene rings is 1. The fourth-order valence-corrected chi connectivity index (χ4v) is 2.64. The monoisotopic (exact) mass is 259 g/mol. The largest absolute Gasteiger partial charge is 0.370 e. The summed E-state index contributed by atoms with van der Waals surface area (Å²) in [6, 6.07) is 6.68. The second-order valence-electron chi connectivity index (χ2n) is 6.25. The number of aryl methyl sites for hydroxylation is 2. The number of hydrogen-bond acceptors (Lipinski definition) is 3. The molecule has 0 radical (unpaired) electrons. The molecule has 1 aliphatic rings. The molecule has 0 saturated heterocycles. The van der Waals surface area contributed by atoms with Crippen molar-refractivity contribution < 1.29 is 0 Å². The van der Waals surface area contributed by atoms with Crippen molar-refractivity contribution in [1.82, 2.24) is 4.90 Å². The number of guanidine groups is 1. The van der Waals surface area contributed by atoms with Gasteiger partial charge in [0.15, 0.2) is 5.96 Å². The molecule has 0 spiro atoms. The predicted molar refractivity (Wildman–Crippen MR) is 81.3 cm³/mol. The maximum atomic E-state index is 6.08. The zero-order valence-corrected chi connectivity index (χ0v) is 12.7. The quantitative estimate of drug-likeness (QED) is 0.907. The van der Waals surface area contributed by atoms with Crippen molar-refractivity contribution in [2.75, 3.05) is 13.1 Å². The molecule has 0 aliphatic carbocycles. The first-order chi connectivity index (χ1) is 8.84. The van der Waals surface area contributed by atoms with Gasteiger partial charge < -0.3 is 10.6 Å². The smallest absolute Gasteiger partial charge is 0.192 e. The Bertz CT molecular complexity index is 505. The molecule has 1 aromatic rings. The SMILES string of the molecule is Cc1ccc(C2(C)CN=C(N)N2CC(C)C)cc1C. The van der Waals surface area contributed by atoms with Crippen LogP contribution in [-0.4, -0.2) is 23.9 Å². The summed E-state index contributed by atoms with van der Waals surface area (Å²) in [4.78, 5) is 6.72. The number of nitrogens with zero attached hydrogens (tertiary/aromatic N) is 2. The van der Waals surface area contributed by atoms with E-state index in [1.165, 1.54) is 16.7 Å². The highest BCUT2D eigenvalue weighted by molar-refractivity contribution is 5.81. The van der Waals surface area contributed by atoms with E-state index in [1.54, 1.807) is 0 Å². The van der Waals surface area contributed by atoms with Crippen LogP contribution in [0.2, 0.25) is 0 Å². The Kier molecular flexibility index (Phi) is 3.57. The molecule has 0 bridgehead atoms. The second kappa shape index (κ2) is 4.87. The summed E-state index contributed by atoms with van der Waals surface area (Å²) in [5.74, 6) is 1.24. The van der Waals surface area contributed by atoms with E-state index in [0.717, 1.165) is 13.1 Å². The molecule has 3 nitrogen and oxygen atoms in total. The van der Waals surface area contributed by atoms with Gasteiger partial charge in [0.25, 0.3) is 0 Å². The lowest BCUT2D eigenvalue weighted by atomic mass is 9.88. The van der Waals surface area contributed by atoms with Crippen molar-refractivity contribution in [3.63, 3.8) is 0 Å². The summed E-state index contributed by atoms with van der Waals surface area (Å²) in [6.07, 6.45) is 0. The van der Waals surface area contributed by atoms with E-state index in [1.807, 2.05) is 0 Å². The molecule has 1 heterocycles. The molecular weight excluding hydrogens is 234 g/mol. The van der Waals surface area contributed by atoms with E-state index in [0.29, 0.717) is 11.9 Å². The first kappa shape index (κ1) is 13.9. The summed E-state index contributed by atoms with van der Waals surface area (Å²) < 4.78 is 0. The van der Waals surface area contributed by atoms with Crippen molar-refractivity contribution in [2.45, 2.75) is 40.2 Å². The maximum Gasteiger partial charge on any atom is 0.192 e. The van der Waals surface area contributed by atoms with E-state index in [9.17, 15) is 0 Å². The minimum atomic E-state index is -0.104. The molecule has 2 rings (SSSR count). The van der Waals surface area contributed by atoms with E-state index in [4.69, 9.17) is 5.73 Å². The Morgan fingerprint density at radius 1 is 1.32 bits per heavy atom. The van der Waals surface area contributed by atoms with Gasteiger partial charge in [-0.2, -0.15) is 0 Å². The fourth-order valence-electron chi connectivity index (χ4n) is 2.64. The van der Waals surface area contributed by atoms with Crippen molar-refractivity contribution in [2.24, 2.45) is 16.6 Å². The van der Waals surface area contributed by atoms with Crippen molar-refractivity contribution >= 4 is 5.96 Å². The molecule has 104 valence electrons. The van der Waals surface area contributed by atoms with Gasteiger partial charge >= 0.3 is 0 Å². The van der Waals surface area contributed by atoms with Crippen LogP contribution in [0, 0.1) is 19.8 Å². The zero-order chi connectivity index (χ0) is 14.2. The lowest BCUT2D eigenvalue weighted by Gasteiger charge is -2.38. The Hall–Kier alpha value is -1.51. The Labute approximate surface area is 116 Å². The molecule has 1 aromatic carbocycles. The van der Waals surface area contributed by atoms with E-state index in [-0.39, 0.29) is 5.54 Å². The summed E-state index contributed by atoms with van der Waals surface area (Å²) in [5.41, 5.74) is 9.94. The standard InChI is InChI=1S/C16H25N3/c1-11(2)9-19-15(17)18-10-16(19,5)14-7-6-12(3)13(4)8-14/h6-8,11H,9-10H2,1-5H3,(H2,17,18). The van der Waals surface area contributed by atoms with E-state index >= 15 is 0 Å². The second-order valence-corrected chi connectivity index (χ2v) is 6.25. The molecule has 3 heteroatoms. The molecule has 2 N–H and O–H groups in total. The normalized spacial score (nSPS) is 23.1. The van der Waals surface area contributed by atoms with Gasteiger partial charge in [-0.05, 0) is 43.4 Å².